The van der Waals surface area contributed by atoms with E-state index in [0.717, 1.165) is 61.3 Å². The van der Waals surface area contributed by atoms with Crippen LogP contribution in [0.1, 0.15) is 0 Å². The number of hydrogen-bond donors (Lipinski definition) is 0. The average molecular weight is 690 g/mol. The zero-order valence-electron chi connectivity index (χ0n) is 29.6. The van der Waals surface area contributed by atoms with Gasteiger partial charge in [0, 0.05) is 33.3 Å². The Morgan fingerprint density at radius 2 is 0.870 bits per heavy atom. The Morgan fingerprint density at radius 3 is 1.59 bits per heavy atom. The Bertz CT molecular complexity index is 2910. The lowest BCUT2D eigenvalue weighted by atomic mass is 9.95. The first-order chi connectivity index (χ1) is 26.8. The van der Waals surface area contributed by atoms with Gasteiger partial charge in [-0.25, -0.2) is 0 Å². The van der Waals surface area contributed by atoms with Gasteiger partial charge in [-0.05, 0) is 98.8 Å². The number of anilines is 3. The molecule has 0 amide bonds. The number of benzene rings is 9. The predicted octanol–water partition coefficient (Wildman–Crippen LogP) is 14.9. The van der Waals surface area contributed by atoms with Gasteiger partial charge in [0.2, 0.25) is 0 Å². The van der Waals surface area contributed by atoms with Crippen molar-refractivity contribution in [2.75, 3.05) is 4.90 Å². The lowest BCUT2D eigenvalue weighted by molar-refractivity contribution is 0.670. The molecule has 54 heavy (non-hydrogen) atoms. The van der Waals surface area contributed by atoms with Crippen LogP contribution in [0.5, 0.6) is 0 Å². The summed E-state index contributed by atoms with van der Waals surface area (Å²) in [4.78, 5) is 2.36. The third-order valence-corrected chi connectivity index (χ3v) is 10.4. The first-order valence-corrected chi connectivity index (χ1v) is 18.4. The van der Waals surface area contributed by atoms with E-state index in [1.54, 1.807) is 0 Å². The number of furan rings is 1. The summed E-state index contributed by atoms with van der Waals surface area (Å²) in [5.74, 6) is 0. The molecule has 0 fully saturated rings. The van der Waals surface area contributed by atoms with Crippen molar-refractivity contribution in [3.8, 4) is 44.5 Å². The predicted molar refractivity (Wildman–Crippen MR) is 228 cm³/mol. The van der Waals surface area contributed by atoms with Gasteiger partial charge in [0.05, 0.1) is 5.69 Å². The van der Waals surface area contributed by atoms with Gasteiger partial charge in [-0.15, -0.1) is 0 Å². The fraction of sp³-hybridized carbons (Fsp3) is 0. The van der Waals surface area contributed by atoms with E-state index in [1.165, 1.54) is 33.0 Å². The number of rotatable bonds is 7. The molecule has 0 spiro atoms. The molecule has 0 aliphatic carbocycles. The van der Waals surface area contributed by atoms with E-state index in [2.05, 4.69) is 217 Å². The van der Waals surface area contributed by atoms with Crippen molar-refractivity contribution in [1.29, 1.82) is 0 Å². The molecule has 1 aromatic heterocycles. The van der Waals surface area contributed by atoms with Crippen molar-refractivity contribution in [1.82, 2.24) is 0 Å². The summed E-state index contributed by atoms with van der Waals surface area (Å²) in [6.45, 7) is 0. The van der Waals surface area contributed by atoms with Crippen molar-refractivity contribution < 1.29 is 4.42 Å². The molecule has 0 saturated heterocycles. The molecular formula is C52H35NO. The second kappa shape index (κ2) is 13.4. The van der Waals surface area contributed by atoms with Crippen molar-refractivity contribution in [3.63, 3.8) is 0 Å². The Hall–Kier alpha value is -7.16. The van der Waals surface area contributed by atoms with E-state index in [4.69, 9.17) is 4.42 Å². The highest BCUT2D eigenvalue weighted by Crippen LogP contribution is 2.45. The Kier molecular flexibility index (Phi) is 7.85. The van der Waals surface area contributed by atoms with Crippen LogP contribution in [0.2, 0.25) is 0 Å². The molecule has 0 aliphatic rings. The van der Waals surface area contributed by atoms with Gasteiger partial charge in [0.25, 0.3) is 0 Å². The number of para-hydroxylation sites is 2. The van der Waals surface area contributed by atoms with Crippen molar-refractivity contribution in [3.05, 3.63) is 212 Å². The smallest absolute Gasteiger partial charge is 0.143 e. The summed E-state index contributed by atoms with van der Waals surface area (Å²) in [6.07, 6.45) is 0. The molecular weight excluding hydrogens is 655 g/mol. The molecule has 2 nitrogen and oxygen atoms in total. The maximum atomic E-state index is 6.68. The second-order valence-electron chi connectivity index (χ2n) is 13.7. The molecule has 0 atom stereocenters. The maximum Gasteiger partial charge on any atom is 0.143 e. The monoisotopic (exact) mass is 689 g/mol. The molecule has 10 aromatic rings. The maximum absolute atomic E-state index is 6.68. The van der Waals surface area contributed by atoms with E-state index in [-0.39, 0.29) is 0 Å². The third kappa shape index (κ3) is 5.71. The summed E-state index contributed by atoms with van der Waals surface area (Å²) in [5.41, 5.74) is 14.3. The average Bonchev–Trinajstić information content (AvgIpc) is 3.62. The molecule has 2 heteroatoms. The summed E-state index contributed by atoms with van der Waals surface area (Å²) < 4.78 is 6.68. The van der Waals surface area contributed by atoms with E-state index in [0.29, 0.717) is 0 Å². The summed E-state index contributed by atoms with van der Waals surface area (Å²) in [6, 6.07) is 75.8. The zero-order valence-corrected chi connectivity index (χ0v) is 29.6. The summed E-state index contributed by atoms with van der Waals surface area (Å²) >= 11 is 0. The molecule has 0 N–H and O–H groups in total. The van der Waals surface area contributed by atoms with Gasteiger partial charge in [0.1, 0.15) is 11.2 Å². The van der Waals surface area contributed by atoms with Gasteiger partial charge in [0.15, 0.2) is 0 Å². The minimum atomic E-state index is 0.904. The standard InChI is InChI=1S/C52H35NO/c1-4-14-36(15-5-1)39-20-12-21-40(32-39)37-26-29-45(30-27-37)53(44-22-8-3-9-23-44)50-31-28-43(34-48(50)38-16-6-2-7-17-38)46-24-13-25-47-49-33-41-18-10-11-19-42(41)35-51(49)54-52(46)47/h1-35H. The molecule has 10 rings (SSSR count). The Labute approximate surface area is 314 Å². The highest BCUT2D eigenvalue weighted by Gasteiger charge is 2.20. The van der Waals surface area contributed by atoms with Crippen LogP contribution >= 0.6 is 0 Å². The lowest BCUT2D eigenvalue weighted by Gasteiger charge is -2.28. The minimum Gasteiger partial charge on any atom is -0.455 e. The van der Waals surface area contributed by atoms with Gasteiger partial charge in [-0.3, -0.25) is 0 Å². The largest absolute Gasteiger partial charge is 0.455 e. The molecule has 9 aromatic carbocycles. The van der Waals surface area contributed by atoms with Crippen LogP contribution in [-0.4, -0.2) is 0 Å². The SMILES string of the molecule is c1ccc(-c2cccc(-c3ccc(N(c4ccccc4)c4ccc(-c5cccc6c5oc5cc7ccccc7cc56)cc4-c4ccccc4)cc3)c2)cc1. The zero-order chi connectivity index (χ0) is 35.8. The quantitative estimate of drug-likeness (QED) is 0.166. The first-order valence-electron chi connectivity index (χ1n) is 18.4. The highest BCUT2D eigenvalue weighted by molar-refractivity contribution is 6.13. The van der Waals surface area contributed by atoms with Crippen molar-refractivity contribution in [2.45, 2.75) is 0 Å². The topological polar surface area (TPSA) is 16.4 Å². The number of hydrogen-bond acceptors (Lipinski definition) is 2. The van der Waals surface area contributed by atoms with E-state index in [1.807, 2.05) is 0 Å². The van der Waals surface area contributed by atoms with Crippen LogP contribution in [-0.2, 0) is 0 Å². The lowest BCUT2D eigenvalue weighted by Crippen LogP contribution is -2.11. The van der Waals surface area contributed by atoms with Crippen molar-refractivity contribution >= 4 is 49.8 Å². The van der Waals surface area contributed by atoms with Crippen LogP contribution in [0, 0.1) is 0 Å². The molecule has 0 radical (unpaired) electrons. The fourth-order valence-corrected chi connectivity index (χ4v) is 7.77. The van der Waals surface area contributed by atoms with Gasteiger partial charge < -0.3 is 9.32 Å². The van der Waals surface area contributed by atoms with E-state index in [9.17, 15) is 0 Å². The number of fused-ring (bicyclic) bond motifs is 4. The van der Waals surface area contributed by atoms with E-state index >= 15 is 0 Å². The first kappa shape index (κ1) is 31.6. The van der Waals surface area contributed by atoms with Crippen LogP contribution < -0.4 is 4.90 Å². The van der Waals surface area contributed by atoms with Gasteiger partial charge >= 0.3 is 0 Å². The molecule has 0 bridgehead atoms. The third-order valence-electron chi connectivity index (χ3n) is 10.4. The van der Waals surface area contributed by atoms with Crippen LogP contribution in [0.25, 0.3) is 77.2 Å². The van der Waals surface area contributed by atoms with E-state index < -0.39 is 0 Å². The fourth-order valence-electron chi connectivity index (χ4n) is 7.77. The Morgan fingerprint density at radius 1 is 0.315 bits per heavy atom. The van der Waals surface area contributed by atoms with Crippen LogP contribution in [0.4, 0.5) is 17.1 Å². The normalized spacial score (nSPS) is 11.3. The van der Waals surface area contributed by atoms with Gasteiger partial charge in [-0.2, -0.15) is 0 Å². The van der Waals surface area contributed by atoms with Gasteiger partial charge in [-0.1, -0.05) is 158 Å². The molecule has 0 unspecified atom stereocenters. The van der Waals surface area contributed by atoms with Crippen LogP contribution in [0.3, 0.4) is 0 Å². The van der Waals surface area contributed by atoms with Crippen molar-refractivity contribution in [2.24, 2.45) is 0 Å². The molecule has 0 saturated carbocycles. The molecule has 254 valence electrons. The molecule has 1 heterocycles. The molecule has 0 aliphatic heterocycles. The highest BCUT2D eigenvalue weighted by atomic mass is 16.3. The minimum absolute atomic E-state index is 0.904. The Balaban J connectivity index is 1.11. The number of nitrogens with zero attached hydrogens (tertiary/aromatic N) is 1. The summed E-state index contributed by atoms with van der Waals surface area (Å²) in [5, 5.41) is 4.65. The summed E-state index contributed by atoms with van der Waals surface area (Å²) in [7, 11) is 0. The van der Waals surface area contributed by atoms with Crippen LogP contribution in [0.15, 0.2) is 217 Å². The second-order valence-corrected chi connectivity index (χ2v) is 13.7.